The summed E-state index contributed by atoms with van der Waals surface area (Å²) >= 11 is 6.44. The highest BCUT2D eigenvalue weighted by molar-refractivity contribution is 6.33. The molecule has 5 rings (SSSR count). The molecule has 0 N–H and O–H groups in total. The fraction of sp³-hybridized carbons (Fsp3) is 0.0556. The summed E-state index contributed by atoms with van der Waals surface area (Å²) in [5.41, 5.74) is 3.36. The molecule has 0 unspecified atom stereocenters. The molecule has 122 valence electrons. The van der Waals surface area contributed by atoms with Crippen LogP contribution in [0.2, 0.25) is 5.02 Å². The topological polar surface area (TPSA) is 62.1 Å². The summed E-state index contributed by atoms with van der Waals surface area (Å²) in [5, 5.41) is 0.553. The molecule has 0 saturated heterocycles. The second-order valence-corrected chi connectivity index (χ2v) is 5.94. The zero-order valence-electron chi connectivity index (χ0n) is 12.9. The molecule has 3 heterocycles. The molecule has 0 radical (unpaired) electrons. The number of halogens is 1. The average Bonchev–Trinajstić information content (AvgIpc) is 3.29. The molecule has 7 heteroatoms. The number of hydrogen-bond acceptors (Lipinski definition) is 5. The number of ether oxygens (including phenoxy) is 2. The van der Waals surface area contributed by atoms with E-state index in [2.05, 4.69) is 15.0 Å². The first-order valence-corrected chi connectivity index (χ1v) is 8.01. The van der Waals surface area contributed by atoms with Crippen LogP contribution in [0.3, 0.4) is 0 Å². The number of hydrogen-bond donors (Lipinski definition) is 0. The van der Waals surface area contributed by atoms with Gasteiger partial charge in [-0.3, -0.25) is 14.5 Å². The van der Waals surface area contributed by atoms with Crippen molar-refractivity contribution in [2.45, 2.75) is 0 Å². The van der Waals surface area contributed by atoms with E-state index in [9.17, 15) is 0 Å². The van der Waals surface area contributed by atoms with Crippen LogP contribution in [0.25, 0.3) is 28.1 Å². The van der Waals surface area contributed by atoms with Crippen molar-refractivity contribution in [1.82, 2.24) is 19.5 Å². The summed E-state index contributed by atoms with van der Waals surface area (Å²) in [5.74, 6) is 2.03. The fourth-order valence-corrected chi connectivity index (χ4v) is 3.14. The predicted octanol–water partition coefficient (Wildman–Crippen LogP) is 3.86. The Balaban J connectivity index is 1.67. The molecule has 25 heavy (non-hydrogen) atoms. The average molecular weight is 351 g/mol. The highest BCUT2D eigenvalue weighted by atomic mass is 35.5. The summed E-state index contributed by atoms with van der Waals surface area (Å²) in [4.78, 5) is 13.1. The Morgan fingerprint density at radius 1 is 0.880 bits per heavy atom. The minimum Gasteiger partial charge on any atom is -0.454 e. The summed E-state index contributed by atoms with van der Waals surface area (Å²) in [6, 6.07) is 9.48. The molecule has 1 aliphatic rings. The maximum atomic E-state index is 6.44. The molecule has 2 aromatic carbocycles. The van der Waals surface area contributed by atoms with Crippen LogP contribution in [0.1, 0.15) is 0 Å². The summed E-state index contributed by atoms with van der Waals surface area (Å²) in [6.45, 7) is 0.201. The van der Waals surface area contributed by atoms with Crippen LogP contribution in [0, 0.1) is 0 Å². The van der Waals surface area contributed by atoms with Gasteiger partial charge in [0.05, 0.1) is 16.1 Å². The summed E-state index contributed by atoms with van der Waals surface area (Å²) in [7, 11) is 0. The molecule has 0 atom stereocenters. The van der Waals surface area contributed by atoms with E-state index in [1.54, 1.807) is 24.7 Å². The van der Waals surface area contributed by atoms with Crippen LogP contribution in [0.15, 0.2) is 55.1 Å². The zero-order valence-corrected chi connectivity index (χ0v) is 13.6. The van der Waals surface area contributed by atoms with E-state index in [1.165, 1.54) is 0 Å². The van der Waals surface area contributed by atoms with Crippen molar-refractivity contribution in [3.63, 3.8) is 0 Å². The largest absolute Gasteiger partial charge is 0.454 e. The number of imidazole rings is 1. The molecule has 0 bridgehead atoms. The Hall–Kier alpha value is -3.12. The van der Waals surface area contributed by atoms with Gasteiger partial charge in [-0.2, -0.15) is 0 Å². The molecule has 0 fully saturated rings. The van der Waals surface area contributed by atoms with Gasteiger partial charge in [0.25, 0.3) is 0 Å². The number of fused-ring (bicyclic) bond motifs is 2. The van der Waals surface area contributed by atoms with Crippen LogP contribution >= 0.6 is 11.6 Å². The van der Waals surface area contributed by atoms with Crippen molar-refractivity contribution in [3.8, 4) is 28.6 Å². The molecule has 4 aromatic rings. The lowest BCUT2D eigenvalue weighted by molar-refractivity contribution is 0.174. The third-order valence-electron chi connectivity index (χ3n) is 4.07. The quantitative estimate of drug-likeness (QED) is 0.549. The van der Waals surface area contributed by atoms with Gasteiger partial charge in [-0.1, -0.05) is 11.6 Å². The molecular weight excluding hydrogens is 340 g/mol. The van der Waals surface area contributed by atoms with Crippen molar-refractivity contribution in [2.24, 2.45) is 0 Å². The van der Waals surface area contributed by atoms with E-state index < -0.39 is 0 Å². The second kappa shape index (κ2) is 5.46. The van der Waals surface area contributed by atoms with Crippen LogP contribution < -0.4 is 9.47 Å². The first kappa shape index (κ1) is 14.2. The Labute approximate surface area is 147 Å². The van der Waals surface area contributed by atoms with Crippen LogP contribution in [-0.4, -0.2) is 26.3 Å². The van der Waals surface area contributed by atoms with Crippen molar-refractivity contribution >= 4 is 22.6 Å². The van der Waals surface area contributed by atoms with E-state index in [1.807, 2.05) is 35.0 Å². The van der Waals surface area contributed by atoms with E-state index >= 15 is 0 Å². The first-order chi connectivity index (χ1) is 12.3. The van der Waals surface area contributed by atoms with Gasteiger partial charge in [0.15, 0.2) is 11.5 Å². The molecular formula is C18H11ClN4O2. The molecule has 6 nitrogen and oxygen atoms in total. The molecule has 2 aromatic heterocycles. The lowest BCUT2D eigenvalue weighted by Crippen LogP contribution is -1.97. The van der Waals surface area contributed by atoms with Crippen LogP contribution in [-0.2, 0) is 0 Å². The van der Waals surface area contributed by atoms with Crippen LogP contribution in [0.5, 0.6) is 11.5 Å². The minimum atomic E-state index is 0.201. The number of nitrogens with zero attached hydrogens (tertiary/aromatic N) is 4. The number of rotatable bonds is 2. The van der Waals surface area contributed by atoms with Crippen LogP contribution in [0.4, 0.5) is 0 Å². The van der Waals surface area contributed by atoms with E-state index in [0.29, 0.717) is 22.3 Å². The Bertz CT molecular complexity index is 1110. The first-order valence-electron chi connectivity index (χ1n) is 7.63. The van der Waals surface area contributed by atoms with Gasteiger partial charge in [-0.05, 0) is 24.3 Å². The van der Waals surface area contributed by atoms with Gasteiger partial charge in [0.1, 0.15) is 5.82 Å². The van der Waals surface area contributed by atoms with Gasteiger partial charge in [-0.25, -0.2) is 4.98 Å². The zero-order chi connectivity index (χ0) is 16.8. The van der Waals surface area contributed by atoms with Crippen molar-refractivity contribution in [2.75, 3.05) is 6.79 Å². The Morgan fingerprint density at radius 3 is 2.56 bits per heavy atom. The second-order valence-electron chi connectivity index (χ2n) is 5.54. The van der Waals surface area contributed by atoms with Gasteiger partial charge in [-0.15, -0.1) is 0 Å². The minimum absolute atomic E-state index is 0.201. The predicted molar refractivity (Wildman–Crippen MR) is 93.2 cm³/mol. The van der Waals surface area contributed by atoms with E-state index in [4.69, 9.17) is 21.1 Å². The maximum absolute atomic E-state index is 6.44. The Morgan fingerprint density at radius 2 is 1.68 bits per heavy atom. The summed E-state index contributed by atoms with van der Waals surface area (Å²) in [6.07, 6.45) is 6.97. The smallest absolute Gasteiger partial charge is 0.231 e. The molecule has 0 spiro atoms. The van der Waals surface area contributed by atoms with Gasteiger partial charge >= 0.3 is 0 Å². The monoisotopic (exact) mass is 350 g/mol. The highest BCUT2D eigenvalue weighted by Gasteiger charge is 2.20. The van der Waals surface area contributed by atoms with Gasteiger partial charge in [0.2, 0.25) is 6.79 Å². The molecule has 0 saturated carbocycles. The maximum Gasteiger partial charge on any atom is 0.231 e. The number of benzene rings is 2. The third-order valence-corrected chi connectivity index (χ3v) is 4.39. The van der Waals surface area contributed by atoms with Crippen molar-refractivity contribution < 1.29 is 9.47 Å². The van der Waals surface area contributed by atoms with Crippen molar-refractivity contribution in [1.29, 1.82) is 0 Å². The van der Waals surface area contributed by atoms with Gasteiger partial charge in [0, 0.05) is 42.1 Å². The lowest BCUT2D eigenvalue weighted by atomic mass is 10.1. The molecule has 0 aliphatic carbocycles. The lowest BCUT2D eigenvalue weighted by Gasteiger charge is -2.10. The molecule has 0 amide bonds. The highest BCUT2D eigenvalue weighted by Crippen LogP contribution is 2.40. The Kier molecular flexibility index (Phi) is 3.11. The SMILES string of the molecule is Clc1cc2c(cc1-c1nccn1-c1ccc3nccnc3c1)OCO2. The van der Waals surface area contributed by atoms with Gasteiger partial charge < -0.3 is 9.47 Å². The van der Waals surface area contributed by atoms with Crippen molar-refractivity contribution in [3.05, 3.63) is 60.1 Å². The third kappa shape index (κ3) is 2.30. The van der Waals surface area contributed by atoms with E-state index in [-0.39, 0.29) is 6.79 Å². The normalized spacial score (nSPS) is 12.7. The fourth-order valence-electron chi connectivity index (χ4n) is 2.90. The van der Waals surface area contributed by atoms with E-state index in [0.717, 1.165) is 22.3 Å². The standard InChI is InChI=1S/C18H11ClN4O2/c19-13-9-17-16(24-10-25-17)8-12(13)18-22-5-6-23(18)11-1-2-14-15(7-11)21-4-3-20-14/h1-9H,10H2. The molecule has 1 aliphatic heterocycles. The summed E-state index contributed by atoms with van der Waals surface area (Å²) < 4.78 is 12.8. The number of aromatic nitrogens is 4.